The summed E-state index contributed by atoms with van der Waals surface area (Å²) in [6.07, 6.45) is -2.71. The quantitative estimate of drug-likeness (QED) is 0.598. The van der Waals surface area contributed by atoms with Gasteiger partial charge in [-0.05, 0) is 41.7 Å². The van der Waals surface area contributed by atoms with Crippen LogP contribution in [-0.4, -0.2) is 37.7 Å². The predicted octanol–water partition coefficient (Wildman–Crippen LogP) is 4.79. The standard InChI is InChI=1S/C22H26F3NO3/c1-4-16-5-7-18(8-6-16)14-26(2)21(27)12-10-17-9-11-19(20(13-17)28-3)29-15-22(23,24)25/h5-9,11,13H,4,10,12,14-15H2,1-3H3. The number of rotatable bonds is 9. The lowest BCUT2D eigenvalue weighted by atomic mass is 10.1. The zero-order chi connectivity index (χ0) is 21.4. The highest BCUT2D eigenvalue weighted by Gasteiger charge is 2.29. The minimum atomic E-state index is -4.42. The number of benzene rings is 2. The predicted molar refractivity (Wildman–Crippen MR) is 105 cm³/mol. The summed E-state index contributed by atoms with van der Waals surface area (Å²) in [5, 5.41) is 0. The number of carbonyl (C=O) groups is 1. The molecule has 4 nitrogen and oxygen atoms in total. The van der Waals surface area contributed by atoms with Crippen molar-refractivity contribution in [1.29, 1.82) is 0 Å². The van der Waals surface area contributed by atoms with E-state index < -0.39 is 12.8 Å². The Balaban J connectivity index is 1.91. The lowest BCUT2D eigenvalue weighted by molar-refractivity contribution is -0.153. The van der Waals surface area contributed by atoms with Gasteiger partial charge in [0.15, 0.2) is 18.1 Å². The zero-order valence-corrected chi connectivity index (χ0v) is 16.9. The van der Waals surface area contributed by atoms with Crippen LogP contribution in [0, 0.1) is 0 Å². The Morgan fingerprint density at radius 1 is 1.00 bits per heavy atom. The molecule has 0 spiro atoms. The Morgan fingerprint density at radius 2 is 1.62 bits per heavy atom. The molecule has 1 amide bonds. The molecule has 2 rings (SSSR count). The molecule has 0 aliphatic carbocycles. The molecule has 0 aromatic heterocycles. The Morgan fingerprint density at radius 3 is 2.21 bits per heavy atom. The van der Waals surface area contributed by atoms with Crippen LogP contribution in [0.4, 0.5) is 13.2 Å². The Bertz CT molecular complexity index is 804. The first-order valence-electron chi connectivity index (χ1n) is 9.40. The molecular weight excluding hydrogens is 383 g/mol. The van der Waals surface area contributed by atoms with Crippen LogP contribution < -0.4 is 9.47 Å². The van der Waals surface area contributed by atoms with Gasteiger partial charge in [0.25, 0.3) is 0 Å². The van der Waals surface area contributed by atoms with Crippen LogP contribution in [0.1, 0.15) is 30.0 Å². The SMILES string of the molecule is CCc1ccc(CN(C)C(=O)CCc2ccc(OCC(F)(F)F)c(OC)c2)cc1. The molecule has 0 unspecified atom stereocenters. The molecule has 0 saturated heterocycles. The first-order valence-corrected chi connectivity index (χ1v) is 9.40. The highest BCUT2D eigenvalue weighted by molar-refractivity contribution is 5.76. The maximum Gasteiger partial charge on any atom is 0.422 e. The molecule has 0 fully saturated rings. The van der Waals surface area contributed by atoms with Crippen LogP contribution in [0.3, 0.4) is 0 Å². The van der Waals surface area contributed by atoms with Crippen molar-refractivity contribution in [2.24, 2.45) is 0 Å². The fraction of sp³-hybridized carbons (Fsp3) is 0.409. The van der Waals surface area contributed by atoms with Crippen LogP contribution in [0.15, 0.2) is 42.5 Å². The molecule has 0 atom stereocenters. The maximum atomic E-state index is 12.4. The second-order valence-electron chi connectivity index (χ2n) is 6.81. The first-order chi connectivity index (χ1) is 13.7. The summed E-state index contributed by atoms with van der Waals surface area (Å²) in [6, 6.07) is 12.8. The van der Waals surface area contributed by atoms with Crippen LogP contribution in [0.2, 0.25) is 0 Å². The Hall–Kier alpha value is -2.70. The summed E-state index contributed by atoms with van der Waals surface area (Å²) in [5.74, 6) is 0.219. The molecule has 0 N–H and O–H groups in total. The van der Waals surface area contributed by atoms with Gasteiger partial charge in [-0.1, -0.05) is 37.3 Å². The molecule has 7 heteroatoms. The zero-order valence-electron chi connectivity index (χ0n) is 16.9. The largest absolute Gasteiger partial charge is 0.493 e. The van der Waals surface area contributed by atoms with Crippen molar-refractivity contribution in [3.05, 3.63) is 59.2 Å². The third-order valence-electron chi connectivity index (χ3n) is 4.52. The van der Waals surface area contributed by atoms with Crippen molar-refractivity contribution in [2.45, 2.75) is 38.9 Å². The van der Waals surface area contributed by atoms with Crippen molar-refractivity contribution >= 4 is 5.91 Å². The molecule has 0 aliphatic rings. The number of aryl methyl sites for hydroxylation is 2. The number of hydrogen-bond acceptors (Lipinski definition) is 3. The molecule has 0 saturated carbocycles. The molecule has 0 heterocycles. The minimum absolute atomic E-state index is 0.0130. The van der Waals surface area contributed by atoms with E-state index in [0.717, 1.165) is 17.5 Å². The number of halogens is 3. The van der Waals surface area contributed by atoms with E-state index in [9.17, 15) is 18.0 Å². The normalized spacial score (nSPS) is 11.2. The van der Waals surface area contributed by atoms with Gasteiger partial charge in [0.1, 0.15) is 0 Å². The van der Waals surface area contributed by atoms with E-state index in [2.05, 4.69) is 19.1 Å². The Labute approximate surface area is 169 Å². The van der Waals surface area contributed by atoms with Crippen molar-refractivity contribution in [2.75, 3.05) is 20.8 Å². The van der Waals surface area contributed by atoms with Crippen molar-refractivity contribution in [3.63, 3.8) is 0 Å². The minimum Gasteiger partial charge on any atom is -0.493 e. The van der Waals surface area contributed by atoms with Crippen LogP contribution in [0.5, 0.6) is 11.5 Å². The van der Waals surface area contributed by atoms with E-state index in [-0.39, 0.29) is 23.8 Å². The summed E-state index contributed by atoms with van der Waals surface area (Å²) < 4.78 is 46.9. The number of alkyl halides is 3. The summed E-state index contributed by atoms with van der Waals surface area (Å²) >= 11 is 0. The molecule has 158 valence electrons. The summed E-state index contributed by atoms with van der Waals surface area (Å²) in [5.41, 5.74) is 3.10. The fourth-order valence-electron chi connectivity index (χ4n) is 2.83. The van der Waals surface area contributed by atoms with Gasteiger partial charge in [0.2, 0.25) is 5.91 Å². The maximum absolute atomic E-state index is 12.4. The third-order valence-corrected chi connectivity index (χ3v) is 4.52. The highest BCUT2D eigenvalue weighted by atomic mass is 19.4. The van der Waals surface area contributed by atoms with Gasteiger partial charge < -0.3 is 14.4 Å². The van der Waals surface area contributed by atoms with Gasteiger partial charge in [0.05, 0.1) is 7.11 Å². The van der Waals surface area contributed by atoms with Crippen LogP contribution >= 0.6 is 0 Å². The molecule has 2 aromatic rings. The van der Waals surface area contributed by atoms with E-state index in [1.165, 1.54) is 18.7 Å². The van der Waals surface area contributed by atoms with Gasteiger partial charge in [-0.2, -0.15) is 13.2 Å². The van der Waals surface area contributed by atoms with Crippen molar-refractivity contribution in [3.8, 4) is 11.5 Å². The molecule has 0 bridgehead atoms. The lowest BCUT2D eigenvalue weighted by Crippen LogP contribution is -2.26. The highest BCUT2D eigenvalue weighted by Crippen LogP contribution is 2.30. The number of nitrogens with zero attached hydrogens (tertiary/aromatic N) is 1. The lowest BCUT2D eigenvalue weighted by Gasteiger charge is -2.18. The fourth-order valence-corrected chi connectivity index (χ4v) is 2.83. The van der Waals surface area contributed by atoms with E-state index in [1.54, 1.807) is 24.1 Å². The second-order valence-corrected chi connectivity index (χ2v) is 6.81. The summed E-state index contributed by atoms with van der Waals surface area (Å²) in [6.45, 7) is 1.23. The third kappa shape index (κ3) is 7.33. The number of amides is 1. The summed E-state index contributed by atoms with van der Waals surface area (Å²) in [7, 11) is 3.12. The average Bonchev–Trinajstić information content (AvgIpc) is 2.70. The number of methoxy groups -OCH3 is 1. The van der Waals surface area contributed by atoms with E-state index in [1.807, 2.05) is 12.1 Å². The molecule has 0 radical (unpaired) electrons. The summed E-state index contributed by atoms with van der Waals surface area (Å²) in [4.78, 5) is 14.1. The molecule has 29 heavy (non-hydrogen) atoms. The second kappa shape index (κ2) is 10.2. The van der Waals surface area contributed by atoms with Crippen molar-refractivity contribution in [1.82, 2.24) is 4.90 Å². The molecular formula is C22H26F3NO3. The van der Waals surface area contributed by atoms with Crippen LogP contribution in [0.25, 0.3) is 0 Å². The van der Waals surface area contributed by atoms with Gasteiger partial charge in [0, 0.05) is 20.0 Å². The van der Waals surface area contributed by atoms with E-state index in [0.29, 0.717) is 13.0 Å². The number of carbonyl (C=O) groups excluding carboxylic acids is 1. The van der Waals surface area contributed by atoms with Gasteiger partial charge in [-0.3, -0.25) is 4.79 Å². The molecule has 0 aliphatic heterocycles. The van der Waals surface area contributed by atoms with Crippen molar-refractivity contribution < 1.29 is 27.4 Å². The Kier molecular flexibility index (Phi) is 7.93. The number of ether oxygens (including phenoxy) is 2. The van der Waals surface area contributed by atoms with E-state index >= 15 is 0 Å². The topological polar surface area (TPSA) is 38.8 Å². The van der Waals surface area contributed by atoms with Gasteiger partial charge in [-0.15, -0.1) is 0 Å². The van der Waals surface area contributed by atoms with E-state index in [4.69, 9.17) is 9.47 Å². The average molecular weight is 409 g/mol. The van der Waals surface area contributed by atoms with Crippen LogP contribution in [-0.2, 0) is 24.2 Å². The van der Waals surface area contributed by atoms with Gasteiger partial charge >= 0.3 is 6.18 Å². The monoisotopic (exact) mass is 409 g/mol. The first kappa shape index (κ1) is 22.6. The number of hydrogen-bond donors (Lipinski definition) is 0. The van der Waals surface area contributed by atoms with Gasteiger partial charge in [-0.25, -0.2) is 0 Å². The molecule has 2 aromatic carbocycles. The smallest absolute Gasteiger partial charge is 0.422 e.